The zero-order chi connectivity index (χ0) is 13.3. The Bertz CT molecular complexity index is 605. The summed E-state index contributed by atoms with van der Waals surface area (Å²) in [6, 6.07) is 3.83. The Balaban J connectivity index is 2.65. The molecule has 0 saturated heterocycles. The second-order valence-corrected chi connectivity index (χ2v) is 3.50. The van der Waals surface area contributed by atoms with Crippen LogP contribution >= 0.6 is 0 Å². The number of phenolic OH excluding ortho intramolecular Hbond substituents is 1. The highest BCUT2D eigenvalue weighted by Crippen LogP contribution is 2.38. The quantitative estimate of drug-likeness (QED) is 0.751. The van der Waals surface area contributed by atoms with E-state index in [0.717, 1.165) is 0 Å². The molecule has 1 heterocycles. The molecular weight excluding hydrogens is 240 g/mol. The molecule has 2 aromatic rings. The molecule has 0 aliphatic heterocycles. The minimum absolute atomic E-state index is 0.0277. The lowest BCUT2D eigenvalue weighted by Crippen LogP contribution is -1.98. The number of carboxylic acids is 1. The summed E-state index contributed by atoms with van der Waals surface area (Å²) in [5.74, 6) is -1.07. The Hall–Kier alpha value is -2.70. The van der Waals surface area contributed by atoms with Crippen molar-refractivity contribution in [3.8, 4) is 22.8 Å². The van der Waals surface area contributed by atoms with Crippen LogP contribution < -0.4 is 10.5 Å². The molecule has 4 N–H and O–H groups in total. The van der Waals surface area contributed by atoms with Gasteiger partial charge in [-0.15, -0.1) is 0 Å². The van der Waals surface area contributed by atoms with Crippen LogP contribution in [0.2, 0.25) is 0 Å². The molecule has 0 unspecified atom stereocenters. The number of benzene rings is 1. The van der Waals surface area contributed by atoms with E-state index in [4.69, 9.17) is 20.1 Å². The van der Waals surface area contributed by atoms with Crippen molar-refractivity contribution in [2.24, 2.45) is 0 Å². The van der Waals surface area contributed by atoms with Gasteiger partial charge in [0.2, 0.25) is 0 Å². The minimum Gasteiger partial charge on any atom is -0.504 e. The Labute approximate surface area is 101 Å². The SMILES string of the molecule is COc1cc(C(=O)O)cc(-c2cc(N)no2)c1O. The van der Waals surface area contributed by atoms with E-state index in [1.165, 1.54) is 25.3 Å². The molecular formula is C11H10N2O5. The van der Waals surface area contributed by atoms with Gasteiger partial charge in [0.15, 0.2) is 23.1 Å². The maximum absolute atomic E-state index is 11.0. The number of hydrogen-bond donors (Lipinski definition) is 3. The fourth-order valence-electron chi connectivity index (χ4n) is 1.49. The normalized spacial score (nSPS) is 10.3. The maximum atomic E-state index is 11.0. The van der Waals surface area contributed by atoms with Gasteiger partial charge in [0.25, 0.3) is 0 Å². The number of phenols is 1. The van der Waals surface area contributed by atoms with E-state index in [1.807, 2.05) is 0 Å². The van der Waals surface area contributed by atoms with Crippen LogP contribution in [0.1, 0.15) is 10.4 Å². The number of ether oxygens (including phenoxy) is 1. The van der Waals surface area contributed by atoms with Gasteiger partial charge >= 0.3 is 5.97 Å². The largest absolute Gasteiger partial charge is 0.504 e. The summed E-state index contributed by atoms with van der Waals surface area (Å²) in [6.07, 6.45) is 0. The Morgan fingerprint density at radius 3 is 2.67 bits per heavy atom. The molecule has 1 aromatic carbocycles. The molecule has 7 nitrogen and oxygen atoms in total. The van der Waals surface area contributed by atoms with Crippen LogP contribution in [0.4, 0.5) is 5.82 Å². The van der Waals surface area contributed by atoms with Gasteiger partial charge in [0.1, 0.15) is 0 Å². The fraction of sp³-hybridized carbons (Fsp3) is 0.0909. The van der Waals surface area contributed by atoms with Crippen molar-refractivity contribution in [1.82, 2.24) is 5.16 Å². The first kappa shape index (κ1) is 11.8. The van der Waals surface area contributed by atoms with Gasteiger partial charge in [-0.05, 0) is 12.1 Å². The number of methoxy groups -OCH3 is 1. The summed E-state index contributed by atoms with van der Waals surface area (Å²) in [6.45, 7) is 0. The summed E-state index contributed by atoms with van der Waals surface area (Å²) in [5.41, 5.74) is 5.50. The Morgan fingerprint density at radius 1 is 1.44 bits per heavy atom. The summed E-state index contributed by atoms with van der Waals surface area (Å²) >= 11 is 0. The van der Waals surface area contributed by atoms with E-state index >= 15 is 0 Å². The van der Waals surface area contributed by atoms with Crippen molar-refractivity contribution in [3.05, 3.63) is 23.8 Å². The minimum atomic E-state index is -1.15. The van der Waals surface area contributed by atoms with Crippen LogP contribution in [0.3, 0.4) is 0 Å². The Morgan fingerprint density at radius 2 is 2.17 bits per heavy atom. The molecule has 0 amide bonds. The van der Waals surface area contributed by atoms with Crippen LogP contribution in [0.25, 0.3) is 11.3 Å². The summed E-state index contributed by atoms with van der Waals surface area (Å²) in [4.78, 5) is 11.0. The molecule has 0 bridgehead atoms. The number of rotatable bonds is 3. The van der Waals surface area contributed by atoms with E-state index in [9.17, 15) is 9.90 Å². The number of nitrogen functional groups attached to an aromatic ring is 1. The lowest BCUT2D eigenvalue weighted by Gasteiger charge is -2.08. The molecule has 0 radical (unpaired) electrons. The topological polar surface area (TPSA) is 119 Å². The molecule has 18 heavy (non-hydrogen) atoms. The average Bonchev–Trinajstić information content (AvgIpc) is 2.75. The molecule has 0 saturated carbocycles. The molecule has 0 fully saturated rings. The van der Waals surface area contributed by atoms with Gasteiger partial charge in [-0.1, -0.05) is 5.16 Å². The van der Waals surface area contributed by atoms with E-state index in [0.29, 0.717) is 0 Å². The van der Waals surface area contributed by atoms with E-state index in [-0.39, 0.29) is 34.2 Å². The highest BCUT2D eigenvalue weighted by Gasteiger charge is 2.18. The molecule has 7 heteroatoms. The number of carbonyl (C=O) groups is 1. The average molecular weight is 250 g/mol. The van der Waals surface area contributed by atoms with Crippen LogP contribution in [0.15, 0.2) is 22.7 Å². The second-order valence-electron chi connectivity index (χ2n) is 3.50. The first-order valence-electron chi connectivity index (χ1n) is 4.89. The molecule has 94 valence electrons. The number of aromatic nitrogens is 1. The summed E-state index contributed by atoms with van der Waals surface area (Å²) in [7, 11) is 1.32. The lowest BCUT2D eigenvalue weighted by molar-refractivity contribution is 0.0696. The van der Waals surface area contributed by atoms with E-state index in [2.05, 4.69) is 5.16 Å². The zero-order valence-corrected chi connectivity index (χ0v) is 9.38. The molecule has 1 aromatic heterocycles. The molecule has 2 rings (SSSR count). The fourth-order valence-corrected chi connectivity index (χ4v) is 1.49. The second kappa shape index (κ2) is 4.28. The lowest BCUT2D eigenvalue weighted by atomic mass is 10.1. The van der Waals surface area contributed by atoms with Crippen molar-refractivity contribution in [2.45, 2.75) is 0 Å². The van der Waals surface area contributed by atoms with E-state index in [1.54, 1.807) is 0 Å². The smallest absolute Gasteiger partial charge is 0.335 e. The van der Waals surface area contributed by atoms with Gasteiger partial charge in [0.05, 0.1) is 18.2 Å². The maximum Gasteiger partial charge on any atom is 0.335 e. The summed E-state index contributed by atoms with van der Waals surface area (Å²) in [5, 5.41) is 22.3. The van der Waals surface area contributed by atoms with Crippen LogP contribution in [-0.4, -0.2) is 28.4 Å². The highest BCUT2D eigenvalue weighted by atomic mass is 16.5. The van der Waals surface area contributed by atoms with Crippen molar-refractivity contribution in [3.63, 3.8) is 0 Å². The molecule has 0 spiro atoms. The van der Waals surface area contributed by atoms with Crippen molar-refractivity contribution in [1.29, 1.82) is 0 Å². The van der Waals surface area contributed by atoms with Crippen LogP contribution in [-0.2, 0) is 0 Å². The number of carboxylic acid groups (broad SMARTS) is 1. The number of hydrogen-bond acceptors (Lipinski definition) is 6. The van der Waals surface area contributed by atoms with Gasteiger partial charge in [-0.25, -0.2) is 4.79 Å². The zero-order valence-electron chi connectivity index (χ0n) is 9.38. The van der Waals surface area contributed by atoms with E-state index < -0.39 is 5.97 Å². The predicted molar refractivity (Wildman–Crippen MR) is 61.5 cm³/mol. The van der Waals surface area contributed by atoms with Crippen LogP contribution in [0.5, 0.6) is 11.5 Å². The number of nitrogens with zero attached hydrogens (tertiary/aromatic N) is 1. The van der Waals surface area contributed by atoms with Gasteiger partial charge < -0.3 is 25.2 Å². The third-order valence-electron chi connectivity index (χ3n) is 2.34. The van der Waals surface area contributed by atoms with Crippen molar-refractivity contribution in [2.75, 3.05) is 12.8 Å². The van der Waals surface area contributed by atoms with Crippen molar-refractivity contribution < 1.29 is 24.3 Å². The standard InChI is InChI=1S/C11H10N2O5/c1-17-8-3-5(11(15)16)2-6(10(8)14)7-4-9(12)13-18-7/h2-4,14H,1H3,(H2,12,13)(H,15,16). The molecule has 0 aliphatic carbocycles. The monoisotopic (exact) mass is 250 g/mol. The van der Waals surface area contributed by atoms with Crippen LogP contribution in [0, 0.1) is 0 Å². The third kappa shape index (κ3) is 1.93. The number of aromatic hydroxyl groups is 1. The highest BCUT2D eigenvalue weighted by molar-refractivity contribution is 5.91. The van der Waals surface area contributed by atoms with Gasteiger partial charge in [-0.3, -0.25) is 0 Å². The number of anilines is 1. The van der Waals surface area contributed by atoms with Crippen molar-refractivity contribution >= 4 is 11.8 Å². The summed E-state index contributed by atoms with van der Waals surface area (Å²) < 4.78 is 9.78. The number of aromatic carboxylic acids is 1. The Kier molecular flexibility index (Phi) is 2.80. The number of nitrogens with two attached hydrogens (primary N) is 1. The van der Waals surface area contributed by atoms with Gasteiger partial charge in [0, 0.05) is 6.07 Å². The molecule has 0 aliphatic rings. The molecule has 0 atom stereocenters. The third-order valence-corrected chi connectivity index (χ3v) is 2.34. The first-order valence-corrected chi connectivity index (χ1v) is 4.89. The predicted octanol–water partition coefficient (Wildman–Crippen LogP) is 1.34. The van der Waals surface area contributed by atoms with Gasteiger partial charge in [-0.2, -0.15) is 0 Å². The first-order chi connectivity index (χ1) is 8.52.